The topological polar surface area (TPSA) is 56.7 Å². The van der Waals surface area contributed by atoms with Crippen molar-refractivity contribution in [3.63, 3.8) is 0 Å². The van der Waals surface area contributed by atoms with Crippen LogP contribution in [0.3, 0.4) is 0 Å². The van der Waals surface area contributed by atoms with Crippen molar-refractivity contribution in [3.05, 3.63) is 193 Å². The second-order valence-electron chi connectivity index (χ2n) is 14.7. The minimum absolute atomic E-state index is 0.583. The van der Waals surface area contributed by atoms with Gasteiger partial charge < -0.3 is 4.42 Å². The summed E-state index contributed by atoms with van der Waals surface area (Å²) in [5.74, 6) is 1.83. The van der Waals surface area contributed by atoms with Gasteiger partial charge >= 0.3 is 0 Å². The van der Waals surface area contributed by atoms with Crippen molar-refractivity contribution in [3.8, 4) is 62.1 Å². The third-order valence-corrected chi connectivity index (χ3v) is 11.5. The molecule has 0 aliphatic heterocycles. The molecule has 5 nitrogen and oxygen atoms in total. The predicted octanol–water partition coefficient (Wildman–Crippen LogP) is 14.1. The van der Waals surface area contributed by atoms with Gasteiger partial charge in [-0.1, -0.05) is 178 Å². The van der Waals surface area contributed by atoms with Crippen LogP contribution in [-0.4, -0.2) is 19.5 Å². The monoisotopic (exact) mass is 758 g/mol. The summed E-state index contributed by atoms with van der Waals surface area (Å²) in [6.07, 6.45) is 0.693. The van der Waals surface area contributed by atoms with Crippen LogP contribution in [0, 0.1) is 0 Å². The summed E-state index contributed by atoms with van der Waals surface area (Å²) in [5, 5.41) is 5.74. The van der Waals surface area contributed by atoms with Gasteiger partial charge in [-0.15, -0.1) is 0 Å². The molecule has 0 unspecified atom stereocenters. The van der Waals surface area contributed by atoms with Gasteiger partial charge in [0.1, 0.15) is 11.2 Å². The van der Waals surface area contributed by atoms with Gasteiger partial charge in [-0.25, -0.2) is 4.98 Å². The Bertz CT molecular complexity index is 3320. The summed E-state index contributed by atoms with van der Waals surface area (Å²) in [7, 11) is 0. The first kappa shape index (κ1) is 34.6. The van der Waals surface area contributed by atoms with Gasteiger partial charge in [-0.3, -0.25) is 4.57 Å². The molecule has 0 N–H and O–H groups in total. The van der Waals surface area contributed by atoms with Crippen LogP contribution < -0.4 is 0 Å². The van der Waals surface area contributed by atoms with Crippen LogP contribution in [0.2, 0.25) is 0 Å². The first-order chi connectivity index (χ1) is 29.3. The van der Waals surface area contributed by atoms with Crippen molar-refractivity contribution < 1.29 is 4.42 Å². The van der Waals surface area contributed by atoms with Crippen LogP contribution in [-0.2, 0) is 6.42 Å². The Morgan fingerprint density at radius 1 is 0.458 bits per heavy atom. The molecule has 280 valence electrons. The zero-order valence-corrected chi connectivity index (χ0v) is 32.7. The van der Waals surface area contributed by atoms with Gasteiger partial charge in [0.15, 0.2) is 11.6 Å². The third-order valence-electron chi connectivity index (χ3n) is 11.5. The van der Waals surface area contributed by atoms with Crippen molar-refractivity contribution in [2.75, 3.05) is 0 Å². The fourth-order valence-corrected chi connectivity index (χ4v) is 8.98. The number of hydrogen-bond acceptors (Lipinski definition) is 4. The Hall–Kier alpha value is -7.63. The number of fused-ring (bicyclic) bond motifs is 12. The van der Waals surface area contributed by atoms with E-state index in [1.165, 1.54) is 38.6 Å². The number of rotatable bonds is 4. The maximum absolute atomic E-state index is 6.46. The predicted molar refractivity (Wildman–Crippen MR) is 243 cm³/mol. The van der Waals surface area contributed by atoms with Gasteiger partial charge in [0.25, 0.3) is 0 Å². The largest absolute Gasteiger partial charge is 0.456 e. The van der Waals surface area contributed by atoms with E-state index in [2.05, 4.69) is 150 Å². The van der Waals surface area contributed by atoms with Crippen molar-refractivity contribution in [1.29, 1.82) is 0 Å². The lowest BCUT2D eigenvalue weighted by Gasteiger charge is -2.15. The molecule has 1 aliphatic carbocycles. The Morgan fingerprint density at radius 3 is 1.83 bits per heavy atom. The number of aromatic nitrogens is 4. The lowest BCUT2D eigenvalue weighted by Crippen LogP contribution is -2.10. The fraction of sp³-hybridized carbons (Fsp3) is 0.0556. The maximum atomic E-state index is 6.46. The second kappa shape index (κ2) is 14.1. The van der Waals surface area contributed by atoms with Gasteiger partial charge in [-0.2, -0.15) is 9.97 Å². The third kappa shape index (κ3) is 5.58. The first-order valence-electron chi connectivity index (χ1n) is 20.3. The summed E-state index contributed by atoms with van der Waals surface area (Å²) >= 11 is 0. The first-order valence-corrected chi connectivity index (χ1v) is 20.3. The normalized spacial score (nSPS) is 11.8. The number of furan rings is 1. The molecular formula is C54H38N4O. The highest BCUT2D eigenvalue weighted by molar-refractivity contribution is 6.20. The Balaban J connectivity index is 0.00000196. The summed E-state index contributed by atoms with van der Waals surface area (Å²) in [4.78, 5) is 15.8. The van der Waals surface area contributed by atoms with Gasteiger partial charge in [0, 0.05) is 50.5 Å². The molecule has 3 heterocycles. The zero-order valence-electron chi connectivity index (χ0n) is 32.7. The smallest absolute Gasteiger partial charge is 0.238 e. The summed E-state index contributed by atoms with van der Waals surface area (Å²) in [5.41, 5.74) is 14.1. The molecule has 0 saturated heterocycles. The molecule has 8 aromatic carbocycles. The minimum Gasteiger partial charge on any atom is -0.456 e. The highest BCUT2D eigenvalue weighted by atomic mass is 16.3. The van der Waals surface area contributed by atoms with Crippen LogP contribution in [0.1, 0.15) is 25.1 Å². The molecule has 0 spiro atoms. The van der Waals surface area contributed by atoms with E-state index in [4.69, 9.17) is 19.4 Å². The average molecular weight is 759 g/mol. The van der Waals surface area contributed by atoms with E-state index in [0.717, 1.165) is 60.8 Å². The maximum Gasteiger partial charge on any atom is 0.238 e. The van der Waals surface area contributed by atoms with Crippen molar-refractivity contribution in [2.45, 2.75) is 20.3 Å². The molecule has 11 aromatic rings. The molecular weight excluding hydrogens is 721 g/mol. The Labute approximate surface area is 341 Å². The minimum atomic E-state index is 0.583. The molecule has 0 atom stereocenters. The molecule has 59 heavy (non-hydrogen) atoms. The number of benzene rings is 8. The molecule has 0 radical (unpaired) electrons. The van der Waals surface area contributed by atoms with E-state index in [9.17, 15) is 0 Å². The van der Waals surface area contributed by atoms with Crippen LogP contribution in [0.15, 0.2) is 186 Å². The SMILES string of the molecule is CC.c1ccc(-c2nc(-c3ccccc3)nc(-n3c4c(c5cccc(-c6ccc7oc8ccc9ccccc9c8c7c6)c53)-c3ccccc3-c3ccccc3C4)n2)cc1. The molecule has 5 heteroatoms. The fourth-order valence-electron chi connectivity index (χ4n) is 8.98. The quantitative estimate of drug-likeness (QED) is 0.179. The highest BCUT2D eigenvalue weighted by Gasteiger charge is 2.29. The average Bonchev–Trinajstić information content (AvgIpc) is 3.81. The number of nitrogens with zero attached hydrogens (tertiary/aromatic N) is 4. The molecule has 0 bridgehead atoms. The van der Waals surface area contributed by atoms with Gasteiger partial charge in [0.05, 0.1) is 5.52 Å². The zero-order chi connectivity index (χ0) is 39.5. The van der Waals surface area contributed by atoms with Gasteiger partial charge in [-0.05, 0) is 56.8 Å². The lowest BCUT2D eigenvalue weighted by atomic mass is 9.93. The molecule has 12 rings (SSSR count). The van der Waals surface area contributed by atoms with Crippen LogP contribution in [0.5, 0.6) is 0 Å². The van der Waals surface area contributed by atoms with E-state index < -0.39 is 0 Å². The molecule has 0 saturated carbocycles. The van der Waals surface area contributed by atoms with E-state index in [1.807, 2.05) is 50.2 Å². The summed E-state index contributed by atoms with van der Waals surface area (Å²) < 4.78 is 8.79. The van der Waals surface area contributed by atoms with Crippen molar-refractivity contribution in [2.24, 2.45) is 0 Å². The van der Waals surface area contributed by atoms with E-state index in [1.54, 1.807) is 0 Å². The van der Waals surface area contributed by atoms with Crippen LogP contribution in [0.4, 0.5) is 0 Å². The number of hydrogen-bond donors (Lipinski definition) is 0. The summed E-state index contributed by atoms with van der Waals surface area (Å²) in [6.45, 7) is 4.00. The van der Waals surface area contributed by atoms with E-state index in [0.29, 0.717) is 24.0 Å². The molecule has 1 aliphatic rings. The Morgan fingerprint density at radius 2 is 1.07 bits per heavy atom. The van der Waals surface area contributed by atoms with Crippen LogP contribution >= 0.6 is 0 Å². The molecule has 3 aromatic heterocycles. The number of para-hydroxylation sites is 1. The van der Waals surface area contributed by atoms with Crippen molar-refractivity contribution >= 4 is 43.6 Å². The van der Waals surface area contributed by atoms with Crippen molar-refractivity contribution in [1.82, 2.24) is 19.5 Å². The molecule has 0 fully saturated rings. The second-order valence-corrected chi connectivity index (χ2v) is 14.7. The molecule has 0 amide bonds. The van der Waals surface area contributed by atoms with Gasteiger partial charge in [0.2, 0.25) is 5.95 Å². The van der Waals surface area contributed by atoms with E-state index >= 15 is 0 Å². The standard InChI is InChI=1S/C52H32N4O.C2H6/c1-3-15-33(16-4-1)50-53-51(34-17-5-2-6-18-34)55-52(54-50)56-44-31-35-19-8-9-20-37(35)40-22-11-12-23-41(40)47(44)42-25-13-24-39(49(42)56)36-27-28-45-43(30-36)48-38-21-10-7-14-32(38)26-29-46(48)57-45;1-2/h1-30H,31H2;1-2H3. The Kier molecular flexibility index (Phi) is 8.26. The van der Waals surface area contributed by atoms with Crippen LogP contribution in [0.25, 0.3) is 106 Å². The van der Waals surface area contributed by atoms with E-state index in [-0.39, 0.29) is 0 Å². The summed E-state index contributed by atoms with van der Waals surface area (Å²) in [6, 6.07) is 64.1. The highest BCUT2D eigenvalue weighted by Crippen LogP contribution is 2.48. The lowest BCUT2D eigenvalue weighted by molar-refractivity contribution is 0.669.